The van der Waals surface area contributed by atoms with Crippen molar-refractivity contribution in [2.45, 2.75) is 57.8 Å². The lowest BCUT2D eigenvalue weighted by atomic mass is 9.78. The van der Waals surface area contributed by atoms with Crippen molar-refractivity contribution in [1.29, 1.82) is 0 Å². The monoisotopic (exact) mass is 379 g/mol. The van der Waals surface area contributed by atoms with E-state index in [2.05, 4.69) is 24.1 Å². The molecule has 2 aromatic rings. The lowest BCUT2D eigenvalue weighted by molar-refractivity contribution is -0.120. The average Bonchev–Trinajstić information content (AvgIpc) is 3.06. The van der Waals surface area contributed by atoms with E-state index in [-0.39, 0.29) is 17.5 Å². The Bertz CT molecular complexity index is 814. The van der Waals surface area contributed by atoms with Gasteiger partial charge in [-0.05, 0) is 36.6 Å². The summed E-state index contributed by atoms with van der Waals surface area (Å²) >= 11 is 2.76. The van der Waals surface area contributed by atoms with Crippen LogP contribution in [0.5, 0.6) is 0 Å². The minimum atomic E-state index is -0.0138. The molecule has 0 radical (unpaired) electrons. The molecule has 136 valence electrons. The second-order valence-corrected chi connectivity index (χ2v) is 8.67. The van der Waals surface area contributed by atoms with Crippen molar-refractivity contribution in [3.8, 4) is 0 Å². The molecule has 0 aliphatic heterocycles. The van der Waals surface area contributed by atoms with Crippen molar-refractivity contribution >= 4 is 39.2 Å². The highest BCUT2D eigenvalue weighted by Crippen LogP contribution is 2.29. The minimum absolute atomic E-state index is 0.0138. The molecular formula is C18H25N3O2S2. The Balaban J connectivity index is 1.68. The summed E-state index contributed by atoms with van der Waals surface area (Å²) in [7, 11) is 0. The van der Waals surface area contributed by atoms with Gasteiger partial charge in [0.05, 0.1) is 11.3 Å². The summed E-state index contributed by atoms with van der Waals surface area (Å²) in [4.78, 5) is 29.5. The van der Waals surface area contributed by atoms with Gasteiger partial charge in [0.2, 0.25) is 5.91 Å². The van der Waals surface area contributed by atoms with Crippen molar-refractivity contribution in [3.05, 3.63) is 21.8 Å². The molecule has 0 aromatic carbocycles. The summed E-state index contributed by atoms with van der Waals surface area (Å²) in [5.41, 5.74) is 0.706. The molecule has 3 unspecified atom stereocenters. The quantitative estimate of drug-likeness (QED) is 0.638. The molecule has 1 fully saturated rings. The zero-order chi connectivity index (χ0) is 18.0. The third kappa shape index (κ3) is 3.92. The van der Waals surface area contributed by atoms with E-state index >= 15 is 0 Å². The molecule has 25 heavy (non-hydrogen) atoms. The van der Waals surface area contributed by atoms with Gasteiger partial charge in [-0.25, -0.2) is 4.98 Å². The molecule has 0 spiro atoms. The number of thioether (sulfide) groups is 1. The molecule has 0 bridgehead atoms. The molecule has 2 aromatic heterocycles. The van der Waals surface area contributed by atoms with Crippen LogP contribution in [0.25, 0.3) is 10.2 Å². The molecule has 1 aliphatic rings. The third-order valence-corrected chi connectivity index (χ3v) is 7.10. The highest BCUT2D eigenvalue weighted by molar-refractivity contribution is 7.99. The van der Waals surface area contributed by atoms with Crippen LogP contribution in [0.15, 0.2) is 21.4 Å². The van der Waals surface area contributed by atoms with Crippen LogP contribution in [0, 0.1) is 11.8 Å². The lowest BCUT2D eigenvalue weighted by Gasteiger charge is -2.34. The number of aromatic nitrogens is 2. The first-order valence-corrected chi connectivity index (χ1v) is 10.8. The number of nitrogens with zero attached hydrogens (tertiary/aromatic N) is 2. The predicted molar refractivity (Wildman–Crippen MR) is 104 cm³/mol. The van der Waals surface area contributed by atoms with E-state index in [1.165, 1.54) is 35.9 Å². The number of hydrogen-bond donors (Lipinski definition) is 1. The lowest BCUT2D eigenvalue weighted by Crippen LogP contribution is -2.44. The summed E-state index contributed by atoms with van der Waals surface area (Å²) in [6, 6.07) is 2.12. The number of nitrogens with one attached hydrogen (secondary N) is 1. The number of rotatable bonds is 5. The van der Waals surface area contributed by atoms with Crippen molar-refractivity contribution in [2.75, 3.05) is 5.75 Å². The maximum absolute atomic E-state index is 12.5. The molecule has 1 aliphatic carbocycles. The Morgan fingerprint density at radius 1 is 1.44 bits per heavy atom. The minimum Gasteiger partial charge on any atom is -0.352 e. The second-order valence-electron chi connectivity index (χ2n) is 6.81. The summed E-state index contributed by atoms with van der Waals surface area (Å²) in [5.74, 6) is 1.48. The molecule has 3 rings (SSSR count). The number of hydrogen-bond acceptors (Lipinski definition) is 5. The van der Waals surface area contributed by atoms with E-state index in [1.54, 1.807) is 4.57 Å². The molecule has 2 heterocycles. The number of carbonyl (C=O) groups is 1. The molecule has 5 nitrogen and oxygen atoms in total. The molecule has 7 heteroatoms. The topological polar surface area (TPSA) is 64.0 Å². The van der Waals surface area contributed by atoms with Crippen LogP contribution in [-0.2, 0) is 11.3 Å². The highest BCUT2D eigenvalue weighted by Gasteiger charge is 2.28. The van der Waals surface area contributed by atoms with Crippen LogP contribution in [-0.4, -0.2) is 27.3 Å². The van der Waals surface area contributed by atoms with Crippen molar-refractivity contribution in [3.63, 3.8) is 0 Å². The van der Waals surface area contributed by atoms with E-state index in [0.717, 1.165) is 11.9 Å². The van der Waals surface area contributed by atoms with Crippen LogP contribution in [0.3, 0.4) is 0 Å². The normalized spacial score (nSPS) is 23.7. The maximum Gasteiger partial charge on any atom is 0.272 e. The molecule has 1 amide bonds. The largest absolute Gasteiger partial charge is 0.352 e. The molecule has 0 saturated heterocycles. The Hall–Kier alpha value is -1.34. The number of fused-ring (bicyclic) bond motifs is 1. The van der Waals surface area contributed by atoms with Gasteiger partial charge in [-0.3, -0.25) is 14.2 Å². The van der Waals surface area contributed by atoms with E-state index < -0.39 is 0 Å². The first kappa shape index (κ1) is 18.5. The predicted octanol–water partition coefficient (Wildman–Crippen LogP) is 3.51. The van der Waals surface area contributed by atoms with Crippen LogP contribution in [0.2, 0.25) is 0 Å². The average molecular weight is 380 g/mol. The van der Waals surface area contributed by atoms with Crippen LogP contribution < -0.4 is 10.9 Å². The second kappa shape index (κ2) is 7.91. The fourth-order valence-corrected chi connectivity index (χ4v) is 5.13. The number of amides is 1. The van der Waals surface area contributed by atoms with E-state index in [9.17, 15) is 9.59 Å². The Labute approximate surface area is 156 Å². The van der Waals surface area contributed by atoms with Gasteiger partial charge in [0.1, 0.15) is 4.70 Å². The van der Waals surface area contributed by atoms with Gasteiger partial charge in [0.25, 0.3) is 5.56 Å². The zero-order valence-corrected chi connectivity index (χ0v) is 16.6. The number of thiophene rings is 1. The van der Waals surface area contributed by atoms with E-state index in [0.29, 0.717) is 34.0 Å². The van der Waals surface area contributed by atoms with Gasteiger partial charge in [-0.1, -0.05) is 38.5 Å². The molecular weight excluding hydrogens is 354 g/mol. The first-order chi connectivity index (χ1) is 12.0. The fraction of sp³-hybridized carbons (Fsp3) is 0.611. The molecule has 1 N–H and O–H groups in total. The van der Waals surface area contributed by atoms with Gasteiger partial charge < -0.3 is 5.32 Å². The van der Waals surface area contributed by atoms with Gasteiger partial charge in [0, 0.05) is 12.6 Å². The molecule has 1 saturated carbocycles. The van der Waals surface area contributed by atoms with Crippen molar-refractivity contribution in [1.82, 2.24) is 14.9 Å². The Morgan fingerprint density at radius 3 is 3.00 bits per heavy atom. The zero-order valence-electron chi connectivity index (χ0n) is 14.9. The summed E-state index contributed by atoms with van der Waals surface area (Å²) < 4.78 is 2.34. The van der Waals surface area contributed by atoms with Crippen LogP contribution >= 0.6 is 23.1 Å². The molecule has 3 atom stereocenters. The van der Waals surface area contributed by atoms with Gasteiger partial charge in [-0.2, -0.15) is 0 Å². The van der Waals surface area contributed by atoms with Crippen molar-refractivity contribution < 1.29 is 4.79 Å². The Morgan fingerprint density at radius 2 is 2.24 bits per heavy atom. The van der Waals surface area contributed by atoms with E-state index in [1.807, 2.05) is 18.4 Å². The number of carbonyl (C=O) groups excluding carboxylic acids is 1. The third-order valence-electron chi connectivity index (χ3n) is 5.23. The van der Waals surface area contributed by atoms with E-state index in [4.69, 9.17) is 0 Å². The first-order valence-electron chi connectivity index (χ1n) is 8.91. The highest BCUT2D eigenvalue weighted by atomic mass is 32.2. The van der Waals surface area contributed by atoms with Crippen LogP contribution in [0.4, 0.5) is 0 Å². The smallest absolute Gasteiger partial charge is 0.272 e. The van der Waals surface area contributed by atoms with Crippen LogP contribution in [0.1, 0.15) is 40.0 Å². The Kier molecular flexibility index (Phi) is 5.84. The van der Waals surface area contributed by atoms with Crippen molar-refractivity contribution in [2.24, 2.45) is 11.8 Å². The summed E-state index contributed by atoms with van der Waals surface area (Å²) in [6.45, 7) is 6.97. The fourth-order valence-electron chi connectivity index (χ4n) is 3.48. The standard InChI is InChI=1S/C18H25N3O2S2/c1-4-21-17(23)16-14(8-9-24-16)20-18(21)25-10-15(22)19-13-7-5-6-11(2)12(13)3/h8-9,11-13H,4-7,10H2,1-3H3,(H,19,22). The van der Waals surface area contributed by atoms with Gasteiger partial charge in [0.15, 0.2) is 5.16 Å². The SMILES string of the molecule is CCn1c(SCC(=O)NC2CCCC(C)C2C)nc2ccsc2c1=O. The maximum atomic E-state index is 12.5. The summed E-state index contributed by atoms with van der Waals surface area (Å²) in [5, 5.41) is 5.69. The van der Waals surface area contributed by atoms with Gasteiger partial charge >= 0.3 is 0 Å². The van der Waals surface area contributed by atoms with Gasteiger partial charge in [-0.15, -0.1) is 11.3 Å². The summed E-state index contributed by atoms with van der Waals surface area (Å²) in [6.07, 6.45) is 3.48.